The van der Waals surface area contributed by atoms with Gasteiger partial charge in [0.1, 0.15) is 0 Å². The summed E-state index contributed by atoms with van der Waals surface area (Å²) in [5, 5.41) is 3.37. The van der Waals surface area contributed by atoms with Crippen LogP contribution in [0, 0.1) is 3.57 Å². The number of aromatic nitrogens is 1. The van der Waals surface area contributed by atoms with Crippen molar-refractivity contribution in [2.45, 2.75) is 19.4 Å². The quantitative estimate of drug-likeness (QED) is 0.722. The Balaban J connectivity index is 2.43. The highest BCUT2D eigenvalue weighted by Gasteiger charge is 2.17. The average Bonchev–Trinajstić information content (AvgIpc) is 2.27. The second-order valence-corrected chi connectivity index (χ2v) is 4.14. The van der Waals surface area contributed by atoms with Crippen LogP contribution in [0.2, 0.25) is 0 Å². The third kappa shape index (κ3) is 1.34. The monoisotopic (exact) mass is 260 g/mol. The maximum absolute atomic E-state index is 4.34. The Morgan fingerprint density at radius 2 is 2.55 bits per heavy atom. The van der Waals surface area contributed by atoms with Gasteiger partial charge >= 0.3 is 0 Å². The van der Waals surface area contributed by atoms with E-state index in [0.29, 0.717) is 6.04 Å². The molecule has 1 N–H and O–H groups in total. The third-order valence-electron chi connectivity index (χ3n) is 1.84. The Morgan fingerprint density at radius 3 is 3.36 bits per heavy atom. The first-order valence-electron chi connectivity index (χ1n) is 3.66. The summed E-state index contributed by atoms with van der Waals surface area (Å²) in [5.74, 6) is 0. The molecule has 1 aromatic rings. The van der Waals surface area contributed by atoms with Crippen LogP contribution in [-0.2, 0) is 6.42 Å². The Hall–Kier alpha value is -0.320. The van der Waals surface area contributed by atoms with Crippen molar-refractivity contribution < 1.29 is 0 Å². The van der Waals surface area contributed by atoms with Crippen molar-refractivity contribution in [3.05, 3.63) is 21.5 Å². The summed E-state index contributed by atoms with van der Waals surface area (Å²) in [4.78, 5) is 4.34. The van der Waals surface area contributed by atoms with Crippen molar-refractivity contribution >= 4 is 28.3 Å². The van der Waals surface area contributed by atoms with Crippen LogP contribution in [0.4, 0.5) is 5.69 Å². The molecule has 0 radical (unpaired) electrons. The Bertz CT molecular complexity index is 285. The number of anilines is 1. The lowest BCUT2D eigenvalue weighted by Gasteiger charge is -2.00. The van der Waals surface area contributed by atoms with Crippen LogP contribution in [0.25, 0.3) is 0 Å². The molecule has 0 aromatic carbocycles. The molecule has 1 aromatic heterocycles. The Morgan fingerprint density at radius 1 is 1.73 bits per heavy atom. The van der Waals surface area contributed by atoms with Crippen molar-refractivity contribution in [3.63, 3.8) is 0 Å². The van der Waals surface area contributed by atoms with Gasteiger partial charge in [-0.25, -0.2) is 0 Å². The van der Waals surface area contributed by atoms with Gasteiger partial charge in [-0.3, -0.25) is 4.98 Å². The summed E-state index contributed by atoms with van der Waals surface area (Å²) in [5.41, 5.74) is 2.42. The van der Waals surface area contributed by atoms with E-state index in [1.165, 1.54) is 15.0 Å². The van der Waals surface area contributed by atoms with E-state index in [0.717, 1.165) is 6.42 Å². The van der Waals surface area contributed by atoms with E-state index in [9.17, 15) is 0 Å². The Kier molecular flexibility index (Phi) is 1.75. The second-order valence-electron chi connectivity index (χ2n) is 2.90. The average molecular weight is 260 g/mol. The van der Waals surface area contributed by atoms with Crippen molar-refractivity contribution in [1.82, 2.24) is 4.98 Å². The van der Waals surface area contributed by atoms with E-state index in [4.69, 9.17) is 0 Å². The normalized spacial score (nSPS) is 21.1. The highest BCUT2D eigenvalue weighted by molar-refractivity contribution is 14.1. The van der Waals surface area contributed by atoms with Gasteiger partial charge in [-0.05, 0) is 35.6 Å². The molecule has 0 fully saturated rings. The van der Waals surface area contributed by atoms with Crippen molar-refractivity contribution in [3.8, 4) is 0 Å². The maximum atomic E-state index is 4.34. The molecule has 1 atom stereocenters. The summed E-state index contributed by atoms with van der Waals surface area (Å²) in [6.07, 6.45) is 2.98. The highest BCUT2D eigenvalue weighted by atomic mass is 127. The van der Waals surface area contributed by atoms with E-state index in [1.807, 2.05) is 6.20 Å². The van der Waals surface area contributed by atoms with Crippen LogP contribution < -0.4 is 5.32 Å². The molecule has 0 aliphatic carbocycles. The SMILES string of the molecule is CC1Cc2ncc(I)cc2N1. The van der Waals surface area contributed by atoms with Crippen LogP contribution in [0.5, 0.6) is 0 Å². The Labute approximate surface area is 79.6 Å². The molecular weight excluding hydrogens is 251 g/mol. The van der Waals surface area contributed by atoms with Crippen LogP contribution in [0.15, 0.2) is 12.3 Å². The molecule has 0 saturated heterocycles. The molecule has 1 unspecified atom stereocenters. The standard InChI is InChI=1S/C8H9IN2/c1-5-2-7-8(11-5)3-6(9)4-10-7/h3-5,11H,2H2,1H3. The number of fused-ring (bicyclic) bond motifs is 1. The van der Waals surface area contributed by atoms with Gasteiger partial charge in [-0.2, -0.15) is 0 Å². The molecule has 0 bridgehead atoms. The molecule has 0 amide bonds. The van der Waals surface area contributed by atoms with Crippen molar-refractivity contribution in [2.24, 2.45) is 0 Å². The van der Waals surface area contributed by atoms with Gasteiger partial charge in [-0.15, -0.1) is 0 Å². The number of nitrogens with one attached hydrogen (secondary N) is 1. The first kappa shape index (κ1) is 7.34. The van der Waals surface area contributed by atoms with E-state index in [2.05, 4.69) is 45.9 Å². The molecule has 2 heterocycles. The number of rotatable bonds is 0. The minimum Gasteiger partial charge on any atom is -0.381 e. The maximum Gasteiger partial charge on any atom is 0.0655 e. The van der Waals surface area contributed by atoms with Crippen LogP contribution in [0.1, 0.15) is 12.6 Å². The van der Waals surface area contributed by atoms with Gasteiger partial charge in [0.25, 0.3) is 0 Å². The van der Waals surface area contributed by atoms with Gasteiger partial charge < -0.3 is 5.32 Å². The fourth-order valence-electron chi connectivity index (χ4n) is 1.36. The number of hydrogen-bond acceptors (Lipinski definition) is 2. The van der Waals surface area contributed by atoms with E-state index >= 15 is 0 Å². The van der Waals surface area contributed by atoms with E-state index in [1.54, 1.807) is 0 Å². The zero-order chi connectivity index (χ0) is 7.84. The smallest absolute Gasteiger partial charge is 0.0655 e. The number of pyridine rings is 1. The summed E-state index contributed by atoms with van der Waals surface area (Å²) in [7, 11) is 0. The topological polar surface area (TPSA) is 24.9 Å². The first-order chi connectivity index (χ1) is 5.25. The minimum absolute atomic E-state index is 0.552. The molecule has 1 aliphatic heterocycles. The summed E-state index contributed by atoms with van der Waals surface area (Å²) in [6, 6.07) is 2.70. The molecular formula is C8H9IN2. The van der Waals surface area contributed by atoms with Crippen LogP contribution in [-0.4, -0.2) is 11.0 Å². The highest BCUT2D eigenvalue weighted by Crippen LogP contribution is 2.24. The van der Waals surface area contributed by atoms with E-state index in [-0.39, 0.29) is 0 Å². The number of halogens is 1. The van der Waals surface area contributed by atoms with Crippen LogP contribution >= 0.6 is 22.6 Å². The molecule has 58 valence electrons. The minimum atomic E-state index is 0.552. The lowest BCUT2D eigenvalue weighted by molar-refractivity contribution is 0.824. The predicted molar refractivity (Wildman–Crippen MR) is 53.7 cm³/mol. The van der Waals surface area contributed by atoms with Crippen molar-refractivity contribution in [1.29, 1.82) is 0 Å². The summed E-state index contributed by atoms with van der Waals surface area (Å²) in [6.45, 7) is 2.18. The van der Waals surface area contributed by atoms with E-state index < -0.39 is 0 Å². The summed E-state index contributed by atoms with van der Waals surface area (Å²) >= 11 is 2.28. The molecule has 1 aliphatic rings. The van der Waals surface area contributed by atoms with Gasteiger partial charge in [0.2, 0.25) is 0 Å². The predicted octanol–water partition coefficient (Wildman–Crippen LogP) is 2.04. The second kappa shape index (κ2) is 2.62. The largest absolute Gasteiger partial charge is 0.381 e. The van der Waals surface area contributed by atoms with Gasteiger partial charge in [-0.1, -0.05) is 0 Å². The zero-order valence-electron chi connectivity index (χ0n) is 6.26. The lowest BCUT2D eigenvalue weighted by Crippen LogP contribution is -2.08. The molecule has 2 rings (SSSR count). The van der Waals surface area contributed by atoms with Crippen molar-refractivity contribution in [2.75, 3.05) is 5.32 Å². The van der Waals surface area contributed by atoms with Gasteiger partial charge in [0, 0.05) is 22.2 Å². The molecule has 0 saturated carbocycles. The lowest BCUT2D eigenvalue weighted by atomic mass is 10.2. The van der Waals surface area contributed by atoms with Gasteiger partial charge in [0.05, 0.1) is 11.4 Å². The molecule has 0 spiro atoms. The first-order valence-corrected chi connectivity index (χ1v) is 4.74. The molecule has 3 heteroatoms. The fourth-order valence-corrected chi connectivity index (χ4v) is 1.81. The number of nitrogens with zero attached hydrogens (tertiary/aromatic N) is 1. The van der Waals surface area contributed by atoms with Crippen LogP contribution in [0.3, 0.4) is 0 Å². The zero-order valence-corrected chi connectivity index (χ0v) is 8.42. The number of hydrogen-bond donors (Lipinski definition) is 1. The summed E-state index contributed by atoms with van der Waals surface area (Å²) < 4.78 is 1.20. The third-order valence-corrected chi connectivity index (χ3v) is 2.43. The molecule has 11 heavy (non-hydrogen) atoms. The molecule has 2 nitrogen and oxygen atoms in total. The fraction of sp³-hybridized carbons (Fsp3) is 0.375. The van der Waals surface area contributed by atoms with Gasteiger partial charge in [0.15, 0.2) is 0 Å².